The summed E-state index contributed by atoms with van der Waals surface area (Å²) < 4.78 is 58.7. The molecule has 0 aliphatic rings. The van der Waals surface area contributed by atoms with Gasteiger partial charge in [0, 0.05) is 6.54 Å². The molecular weight excluding hydrogens is 213 g/mol. The molecule has 0 unspecified atom stereocenters. The van der Waals surface area contributed by atoms with Crippen LogP contribution in [-0.2, 0) is 10.2 Å². The highest BCUT2D eigenvalue weighted by molar-refractivity contribution is 7.87. The van der Waals surface area contributed by atoms with Gasteiger partial charge >= 0.3 is 6.18 Å². The van der Waals surface area contributed by atoms with E-state index in [2.05, 4.69) is 0 Å². The number of halogens is 3. The lowest BCUT2D eigenvalue weighted by Crippen LogP contribution is -2.42. The molecule has 9 heteroatoms. The van der Waals surface area contributed by atoms with Crippen LogP contribution < -0.4 is 9.44 Å². The average Bonchev–Trinajstić information content (AvgIpc) is 1.97. The zero-order chi connectivity index (χ0) is 10.5. The van der Waals surface area contributed by atoms with E-state index in [1.165, 1.54) is 4.72 Å². The maximum Gasteiger partial charge on any atom is 0.402 e. The Kier molecular flexibility index (Phi) is 4.61. The predicted molar refractivity (Wildman–Crippen MR) is 38.1 cm³/mol. The molecule has 0 aromatic carbocycles. The van der Waals surface area contributed by atoms with Crippen molar-refractivity contribution in [3.05, 3.63) is 0 Å². The molecule has 0 aromatic heterocycles. The quantitative estimate of drug-likeness (QED) is 0.556. The van der Waals surface area contributed by atoms with E-state index in [0.29, 0.717) is 0 Å². The van der Waals surface area contributed by atoms with Gasteiger partial charge in [0.2, 0.25) is 0 Å². The fourth-order valence-corrected chi connectivity index (χ4v) is 1.22. The minimum Gasteiger partial charge on any atom is -0.395 e. The molecule has 0 amide bonds. The first-order chi connectivity index (χ1) is 5.77. The van der Waals surface area contributed by atoms with Crippen molar-refractivity contribution in [2.24, 2.45) is 0 Å². The van der Waals surface area contributed by atoms with Gasteiger partial charge < -0.3 is 5.11 Å². The third kappa shape index (κ3) is 7.96. The lowest BCUT2D eigenvalue weighted by Gasteiger charge is -2.09. The van der Waals surface area contributed by atoms with E-state index in [0.717, 1.165) is 0 Å². The molecule has 0 atom stereocenters. The molecule has 3 N–H and O–H groups in total. The van der Waals surface area contributed by atoms with Crippen LogP contribution in [0.1, 0.15) is 0 Å². The smallest absolute Gasteiger partial charge is 0.395 e. The molecule has 0 rings (SSSR count). The van der Waals surface area contributed by atoms with Crippen LogP contribution in [0.3, 0.4) is 0 Å². The summed E-state index contributed by atoms with van der Waals surface area (Å²) in [7, 11) is -4.16. The molecule has 0 saturated carbocycles. The van der Waals surface area contributed by atoms with Crippen LogP contribution in [0.5, 0.6) is 0 Å². The molecule has 0 fully saturated rings. The van der Waals surface area contributed by atoms with Gasteiger partial charge in [0.05, 0.1) is 6.61 Å². The normalized spacial score (nSPS) is 13.2. The molecule has 0 aliphatic heterocycles. The summed E-state index contributed by atoms with van der Waals surface area (Å²) in [4.78, 5) is 0. The number of alkyl halides is 3. The Morgan fingerprint density at radius 1 is 1.23 bits per heavy atom. The summed E-state index contributed by atoms with van der Waals surface area (Å²) >= 11 is 0. The van der Waals surface area contributed by atoms with E-state index in [1.54, 1.807) is 4.72 Å². The van der Waals surface area contributed by atoms with Gasteiger partial charge in [-0.05, 0) is 0 Å². The predicted octanol–water partition coefficient (Wildman–Crippen LogP) is -1.04. The van der Waals surface area contributed by atoms with Gasteiger partial charge in [0.15, 0.2) is 0 Å². The van der Waals surface area contributed by atoms with Crippen LogP contribution in [-0.4, -0.2) is 39.4 Å². The molecule has 0 aliphatic carbocycles. The van der Waals surface area contributed by atoms with Gasteiger partial charge in [-0.3, -0.25) is 0 Å². The summed E-state index contributed by atoms with van der Waals surface area (Å²) in [5.74, 6) is 0. The lowest BCUT2D eigenvalue weighted by atomic mass is 10.7. The highest BCUT2D eigenvalue weighted by Crippen LogP contribution is 2.12. The molecule has 0 heterocycles. The topological polar surface area (TPSA) is 78.4 Å². The summed E-state index contributed by atoms with van der Waals surface area (Å²) in [5.41, 5.74) is 0. The number of hydrogen-bond acceptors (Lipinski definition) is 3. The molecular formula is C4H9F3N2O3S. The minimum absolute atomic E-state index is 0.326. The monoisotopic (exact) mass is 222 g/mol. The highest BCUT2D eigenvalue weighted by atomic mass is 32.2. The Labute approximate surface area is 73.1 Å². The fraction of sp³-hybridized carbons (Fsp3) is 1.00. The Morgan fingerprint density at radius 2 is 1.77 bits per heavy atom. The Balaban J connectivity index is 3.91. The summed E-state index contributed by atoms with van der Waals surface area (Å²) in [6.07, 6.45) is -4.59. The van der Waals surface area contributed by atoms with Crippen molar-refractivity contribution in [3.63, 3.8) is 0 Å². The Hall–Kier alpha value is -0.380. The van der Waals surface area contributed by atoms with Crippen LogP contribution in [0, 0.1) is 0 Å². The van der Waals surface area contributed by atoms with Crippen molar-refractivity contribution in [1.29, 1.82) is 0 Å². The standard InChI is InChI=1S/C4H9F3N2O3S/c5-4(6,7)3-9-13(11,12)8-1-2-10/h8-10H,1-3H2. The van der Waals surface area contributed by atoms with Crippen LogP contribution in [0.25, 0.3) is 0 Å². The maximum atomic E-state index is 11.5. The Morgan fingerprint density at radius 3 is 2.15 bits per heavy atom. The van der Waals surface area contributed by atoms with Crippen LogP contribution in [0.15, 0.2) is 0 Å². The first kappa shape index (κ1) is 12.6. The number of nitrogens with one attached hydrogen (secondary N) is 2. The number of aliphatic hydroxyl groups is 1. The second-order valence-corrected chi connectivity index (χ2v) is 3.64. The van der Waals surface area contributed by atoms with Gasteiger partial charge in [0.1, 0.15) is 6.54 Å². The minimum atomic E-state index is -4.59. The van der Waals surface area contributed by atoms with Gasteiger partial charge in [-0.15, -0.1) is 0 Å². The number of hydrogen-bond donors (Lipinski definition) is 3. The van der Waals surface area contributed by atoms with Gasteiger partial charge in [-0.2, -0.15) is 31.0 Å². The average molecular weight is 222 g/mol. The third-order valence-corrected chi connectivity index (χ3v) is 1.98. The third-order valence-electron chi connectivity index (χ3n) is 0.867. The second-order valence-electron chi connectivity index (χ2n) is 2.06. The molecule has 0 radical (unpaired) electrons. The summed E-state index contributed by atoms with van der Waals surface area (Å²) in [6, 6.07) is 0. The molecule has 0 spiro atoms. The van der Waals surface area contributed by atoms with Crippen molar-refractivity contribution in [2.75, 3.05) is 19.7 Å². The van der Waals surface area contributed by atoms with Crippen molar-refractivity contribution in [3.8, 4) is 0 Å². The second kappa shape index (κ2) is 4.74. The van der Waals surface area contributed by atoms with E-state index in [9.17, 15) is 21.6 Å². The molecule has 13 heavy (non-hydrogen) atoms. The zero-order valence-electron chi connectivity index (χ0n) is 6.43. The van der Waals surface area contributed by atoms with E-state index in [1.807, 2.05) is 0 Å². The van der Waals surface area contributed by atoms with Crippen LogP contribution in [0.2, 0.25) is 0 Å². The summed E-state index contributed by atoms with van der Waals surface area (Å²) in [6.45, 7) is -2.44. The van der Waals surface area contributed by atoms with Crippen molar-refractivity contribution in [2.45, 2.75) is 6.18 Å². The highest BCUT2D eigenvalue weighted by Gasteiger charge is 2.29. The van der Waals surface area contributed by atoms with Crippen LogP contribution in [0.4, 0.5) is 13.2 Å². The lowest BCUT2D eigenvalue weighted by molar-refractivity contribution is -0.121. The summed E-state index contributed by atoms with van der Waals surface area (Å²) in [5, 5.41) is 8.18. The first-order valence-corrected chi connectivity index (χ1v) is 4.67. The SMILES string of the molecule is O=S(=O)(NCCO)NCC(F)(F)F. The fourth-order valence-electron chi connectivity index (χ4n) is 0.408. The molecule has 0 aromatic rings. The van der Waals surface area contributed by atoms with E-state index >= 15 is 0 Å². The maximum absolute atomic E-state index is 11.5. The molecule has 0 saturated heterocycles. The molecule has 0 bridgehead atoms. The largest absolute Gasteiger partial charge is 0.402 e. The van der Waals surface area contributed by atoms with E-state index in [-0.39, 0.29) is 6.54 Å². The van der Waals surface area contributed by atoms with Gasteiger partial charge in [0.25, 0.3) is 10.2 Å². The van der Waals surface area contributed by atoms with E-state index < -0.39 is 29.5 Å². The Bertz CT molecular complexity index is 238. The van der Waals surface area contributed by atoms with Crippen molar-refractivity contribution >= 4 is 10.2 Å². The molecule has 5 nitrogen and oxygen atoms in total. The first-order valence-electron chi connectivity index (χ1n) is 3.19. The van der Waals surface area contributed by atoms with Gasteiger partial charge in [-0.1, -0.05) is 0 Å². The van der Waals surface area contributed by atoms with Crippen LogP contribution >= 0.6 is 0 Å². The van der Waals surface area contributed by atoms with E-state index in [4.69, 9.17) is 5.11 Å². The van der Waals surface area contributed by atoms with Gasteiger partial charge in [-0.25, -0.2) is 0 Å². The van der Waals surface area contributed by atoms with Crippen molar-refractivity contribution in [1.82, 2.24) is 9.44 Å². The molecule has 80 valence electrons. The number of rotatable bonds is 5. The zero-order valence-corrected chi connectivity index (χ0v) is 7.24. The van der Waals surface area contributed by atoms with Crippen molar-refractivity contribution < 1.29 is 26.7 Å². The number of aliphatic hydroxyl groups excluding tert-OH is 1.